The average Bonchev–Trinajstić information content (AvgIpc) is 2.46. The summed E-state index contributed by atoms with van der Waals surface area (Å²) in [5.41, 5.74) is 0.867. The van der Waals surface area contributed by atoms with E-state index in [0.717, 1.165) is 4.90 Å². The normalized spacial score (nSPS) is 14.9. The van der Waals surface area contributed by atoms with E-state index in [4.69, 9.17) is 5.11 Å². The molecule has 0 unspecified atom stereocenters. The third kappa shape index (κ3) is 3.89. The standard InChI is InChI=1S/C16H16FNO3/c17-14-8-7-12(4-1-2-9-19)10-13(14)11-18-15(20)5-3-6-16(18)21/h7-8,10,19H,2-3,5-6,9,11H2. The van der Waals surface area contributed by atoms with Crippen molar-refractivity contribution in [2.45, 2.75) is 32.2 Å². The Morgan fingerprint density at radius 3 is 2.62 bits per heavy atom. The molecule has 110 valence electrons. The maximum Gasteiger partial charge on any atom is 0.229 e. The second kappa shape index (κ2) is 7.00. The lowest BCUT2D eigenvalue weighted by Gasteiger charge is -2.25. The van der Waals surface area contributed by atoms with Gasteiger partial charge in [-0.2, -0.15) is 0 Å². The Morgan fingerprint density at radius 1 is 1.24 bits per heavy atom. The summed E-state index contributed by atoms with van der Waals surface area (Å²) in [6.07, 6.45) is 1.55. The Hall–Kier alpha value is -2.19. The Bertz CT molecular complexity index is 600. The molecule has 1 heterocycles. The number of aliphatic hydroxyl groups is 1. The first-order valence-corrected chi connectivity index (χ1v) is 6.83. The minimum atomic E-state index is -0.464. The third-order valence-corrected chi connectivity index (χ3v) is 3.23. The third-order valence-electron chi connectivity index (χ3n) is 3.23. The van der Waals surface area contributed by atoms with Crippen molar-refractivity contribution in [3.05, 3.63) is 35.1 Å². The van der Waals surface area contributed by atoms with Crippen molar-refractivity contribution < 1.29 is 19.1 Å². The van der Waals surface area contributed by atoms with Gasteiger partial charge in [0.2, 0.25) is 11.8 Å². The summed E-state index contributed by atoms with van der Waals surface area (Å²) in [6, 6.07) is 4.34. The topological polar surface area (TPSA) is 57.6 Å². The molecule has 4 nitrogen and oxygen atoms in total. The summed E-state index contributed by atoms with van der Waals surface area (Å²) in [6.45, 7) is -0.0865. The van der Waals surface area contributed by atoms with Gasteiger partial charge in [0.1, 0.15) is 5.82 Å². The summed E-state index contributed by atoms with van der Waals surface area (Å²) in [5.74, 6) is 4.57. The molecular formula is C16H16FNO3. The minimum absolute atomic E-state index is 0.0299. The highest BCUT2D eigenvalue weighted by atomic mass is 19.1. The van der Waals surface area contributed by atoms with Crippen molar-refractivity contribution in [1.82, 2.24) is 4.90 Å². The quantitative estimate of drug-likeness (QED) is 0.679. The lowest BCUT2D eigenvalue weighted by molar-refractivity contribution is -0.148. The SMILES string of the molecule is O=C1CCCC(=O)N1Cc1cc(C#CCCO)ccc1F. The lowest BCUT2D eigenvalue weighted by atomic mass is 10.1. The molecule has 0 aromatic heterocycles. The molecule has 1 saturated heterocycles. The number of piperidine rings is 1. The van der Waals surface area contributed by atoms with Gasteiger partial charge in [0, 0.05) is 30.4 Å². The zero-order valence-corrected chi connectivity index (χ0v) is 11.6. The lowest BCUT2D eigenvalue weighted by Crippen LogP contribution is -2.39. The minimum Gasteiger partial charge on any atom is -0.395 e. The van der Waals surface area contributed by atoms with Crippen molar-refractivity contribution in [2.75, 3.05) is 6.61 Å². The number of benzene rings is 1. The fraction of sp³-hybridized carbons (Fsp3) is 0.375. The van der Waals surface area contributed by atoms with E-state index in [2.05, 4.69) is 11.8 Å². The number of rotatable bonds is 3. The molecule has 1 aromatic rings. The van der Waals surface area contributed by atoms with Crippen LogP contribution in [0, 0.1) is 17.7 Å². The molecule has 1 aromatic carbocycles. The van der Waals surface area contributed by atoms with Crippen LogP contribution in [0.25, 0.3) is 0 Å². The monoisotopic (exact) mass is 289 g/mol. The van der Waals surface area contributed by atoms with Gasteiger partial charge >= 0.3 is 0 Å². The molecule has 0 aliphatic carbocycles. The summed E-state index contributed by atoms with van der Waals surface area (Å²) >= 11 is 0. The summed E-state index contributed by atoms with van der Waals surface area (Å²) < 4.78 is 13.8. The largest absolute Gasteiger partial charge is 0.395 e. The van der Waals surface area contributed by atoms with Crippen molar-refractivity contribution in [1.29, 1.82) is 0 Å². The van der Waals surface area contributed by atoms with E-state index in [0.29, 0.717) is 31.2 Å². The van der Waals surface area contributed by atoms with E-state index in [1.165, 1.54) is 18.2 Å². The van der Waals surface area contributed by atoms with Crippen LogP contribution < -0.4 is 0 Å². The number of amides is 2. The molecule has 5 heteroatoms. The molecule has 2 rings (SSSR count). The van der Waals surface area contributed by atoms with E-state index in [-0.39, 0.29) is 30.5 Å². The first kappa shape index (κ1) is 15.2. The molecule has 0 bridgehead atoms. The second-order valence-electron chi connectivity index (χ2n) is 4.81. The number of imide groups is 1. The summed E-state index contributed by atoms with van der Waals surface area (Å²) in [7, 11) is 0. The predicted molar refractivity (Wildman–Crippen MR) is 74.4 cm³/mol. The van der Waals surface area contributed by atoms with Gasteiger partial charge < -0.3 is 5.11 Å². The maximum absolute atomic E-state index is 13.8. The maximum atomic E-state index is 13.8. The Morgan fingerprint density at radius 2 is 1.95 bits per heavy atom. The molecule has 0 radical (unpaired) electrons. The first-order valence-electron chi connectivity index (χ1n) is 6.83. The van der Waals surface area contributed by atoms with E-state index in [1.54, 1.807) is 0 Å². The smallest absolute Gasteiger partial charge is 0.229 e. The van der Waals surface area contributed by atoms with Crippen molar-refractivity contribution in [3.8, 4) is 11.8 Å². The number of carbonyl (C=O) groups excluding carboxylic acids is 2. The fourth-order valence-electron chi connectivity index (χ4n) is 2.14. The predicted octanol–water partition coefficient (Wildman–Crippen LogP) is 1.60. The molecule has 0 saturated carbocycles. The highest BCUT2D eigenvalue weighted by Crippen LogP contribution is 2.18. The van der Waals surface area contributed by atoms with E-state index >= 15 is 0 Å². The van der Waals surface area contributed by atoms with Crippen molar-refractivity contribution in [3.63, 3.8) is 0 Å². The van der Waals surface area contributed by atoms with E-state index in [9.17, 15) is 14.0 Å². The van der Waals surface area contributed by atoms with Gasteiger partial charge in [-0.05, 0) is 24.6 Å². The van der Waals surface area contributed by atoms with E-state index < -0.39 is 5.82 Å². The van der Waals surface area contributed by atoms with Gasteiger partial charge in [-0.1, -0.05) is 11.8 Å². The summed E-state index contributed by atoms with van der Waals surface area (Å²) in [5, 5.41) is 8.67. The molecule has 1 aliphatic rings. The summed E-state index contributed by atoms with van der Waals surface area (Å²) in [4.78, 5) is 24.6. The van der Waals surface area contributed by atoms with Gasteiger partial charge in [-0.25, -0.2) is 4.39 Å². The molecule has 1 fully saturated rings. The molecular weight excluding hydrogens is 273 g/mol. The number of carbonyl (C=O) groups is 2. The molecule has 0 atom stereocenters. The number of hydrogen-bond acceptors (Lipinski definition) is 3. The van der Waals surface area contributed by atoms with Crippen LogP contribution in [0.4, 0.5) is 4.39 Å². The van der Waals surface area contributed by atoms with Crippen molar-refractivity contribution >= 4 is 11.8 Å². The number of aliphatic hydroxyl groups excluding tert-OH is 1. The van der Waals surface area contributed by atoms with Gasteiger partial charge in [0.05, 0.1) is 13.2 Å². The highest BCUT2D eigenvalue weighted by Gasteiger charge is 2.26. The molecule has 2 amide bonds. The van der Waals surface area contributed by atoms with Crippen LogP contribution in [0.15, 0.2) is 18.2 Å². The number of likely N-dealkylation sites (tertiary alicyclic amines) is 1. The zero-order chi connectivity index (χ0) is 15.2. The van der Waals surface area contributed by atoms with Crippen LogP contribution in [0.5, 0.6) is 0 Å². The van der Waals surface area contributed by atoms with Crippen LogP contribution >= 0.6 is 0 Å². The van der Waals surface area contributed by atoms with Crippen LogP contribution in [-0.4, -0.2) is 28.4 Å². The zero-order valence-electron chi connectivity index (χ0n) is 11.6. The number of halogens is 1. The number of nitrogens with zero attached hydrogens (tertiary/aromatic N) is 1. The van der Waals surface area contributed by atoms with Crippen LogP contribution in [0.1, 0.15) is 36.8 Å². The Kier molecular flexibility index (Phi) is 5.07. The second-order valence-corrected chi connectivity index (χ2v) is 4.81. The van der Waals surface area contributed by atoms with Gasteiger partial charge in [0.15, 0.2) is 0 Å². The highest BCUT2D eigenvalue weighted by molar-refractivity contribution is 5.97. The van der Waals surface area contributed by atoms with Crippen molar-refractivity contribution in [2.24, 2.45) is 0 Å². The van der Waals surface area contributed by atoms with Gasteiger partial charge in [0.25, 0.3) is 0 Å². The molecule has 0 spiro atoms. The molecule has 1 N–H and O–H groups in total. The van der Waals surface area contributed by atoms with Gasteiger partial charge in [-0.15, -0.1) is 0 Å². The Balaban J connectivity index is 2.19. The van der Waals surface area contributed by atoms with Crippen LogP contribution in [-0.2, 0) is 16.1 Å². The first-order chi connectivity index (χ1) is 10.1. The van der Waals surface area contributed by atoms with Crippen LogP contribution in [0.2, 0.25) is 0 Å². The van der Waals surface area contributed by atoms with E-state index in [1.807, 2.05) is 0 Å². The fourth-order valence-corrected chi connectivity index (χ4v) is 2.14. The molecule has 1 aliphatic heterocycles. The average molecular weight is 289 g/mol. The Labute approximate surface area is 122 Å². The number of hydrogen-bond donors (Lipinski definition) is 1. The van der Waals surface area contributed by atoms with Gasteiger partial charge in [-0.3, -0.25) is 14.5 Å². The molecule has 21 heavy (non-hydrogen) atoms. The van der Waals surface area contributed by atoms with Crippen LogP contribution in [0.3, 0.4) is 0 Å².